The number of benzene rings is 1. The SMILES string of the molecule is CC.Cc1ccc2c(c1)C=CC(C)(C)N2C. The Bertz CT molecular complexity index is 388. The lowest BCUT2D eigenvalue weighted by molar-refractivity contribution is 0.600. The Morgan fingerprint density at radius 2 is 1.75 bits per heavy atom. The maximum atomic E-state index is 2.32. The fraction of sp³-hybridized carbons (Fsp3) is 0.467. The van der Waals surface area contributed by atoms with E-state index in [2.05, 4.69) is 63.1 Å². The molecule has 1 heterocycles. The standard InChI is InChI=1S/C13H17N.C2H6/c1-10-5-6-12-11(9-10)7-8-13(2,3)14(12)4;1-2/h5-9H,1-4H3;1-2H3. The molecule has 88 valence electrons. The van der Waals surface area contributed by atoms with Gasteiger partial charge < -0.3 is 4.90 Å². The molecule has 0 saturated carbocycles. The van der Waals surface area contributed by atoms with E-state index in [-0.39, 0.29) is 5.54 Å². The van der Waals surface area contributed by atoms with Crippen molar-refractivity contribution in [2.24, 2.45) is 0 Å². The van der Waals surface area contributed by atoms with E-state index in [9.17, 15) is 0 Å². The number of rotatable bonds is 0. The molecule has 0 radical (unpaired) electrons. The highest BCUT2D eigenvalue weighted by Crippen LogP contribution is 2.33. The number of aryl methyl sites for hydroxylation is 1. The molecule has 0 bridgehead atoms. The van der Waals surface area contributed by atoms with Crippen LogP contribution in [0.5, 0.6) is 0 Å². The summed E-state index contributed by atoms with van der Waals surface area (Å²) in [5.41, 5.74) is 4.10. The topological polar surface area (TPSA) is 3.24 Å². The van der Waals surface area contributed by atoms with Gasteiger partial charge in [-0.3, -0.25) is 0 Å². The zero-order valence-corrected chi connectivity index (χ0v) is 11.3. The van der Waals surface area contributed by atoms with Crippen LogP contribution in [0.3, 0.4) is 0 Å². The molecular formula is C15H23N. The van der Waals surface area contributed by atoms with Crippen molar-refractivity contribution in [1.82, 2.24) is 0 Å². The highest BCUT2D eigenvalue weighted by molar-refractivity contribution is 5.73. The minimum atomic E-state index is 0.127. The fourth-order valence-electron chi connectivity index (χ4n) is 1.83. The van der Waals surface area contributed by atoms with Gasteiger partial charge in [-0.1, -0.05) is 37.6 Å². The molecule has 1 nitrogen and oxygen atoms in total. The predicted octanol–water partition coefficient (Wildman–Crippen LogP) is 4.26. The molecule has 0 aromatic heterocycles. The zero-order chi connectivity index (χ0) is 12.3. The first-order valence-corrected chi connectivity index (χ1v) is 6.04. The first-order chi connectivity index (χ1) is 7.50. The van der Waals surface area contributed by atoms with E-state index in [0.29, 0.717) is 0 Å². The summed E-state index contributed by atoms with van der Waals surface area (Å²) in [5.74, 6) is 0. The first-order valence-electron chi connectivity index (χ1n) is 6.04. The van der Waals surface area contributed by atoms with Crippen LogP contribution in [0, 0.1) is 6.92 Å². The highest BCUT2D eigenvalue weighted by Gasteiger charge is 2.25. The summed E-state index contributed by atoms with van der Waals surface area (Å²) >= 11 is 0. The lowest BCUT2D eigenvalue weighted by Crippen LogP contribution is -2.41. The van der Waals surface area contributed by atoms with E-state index in [1.165, 1.54) is 16.8 Å². The molecule has 0 atom stereocenters. The second-order valence-corrected chi connectivity index (χ2v) is 4.61. The monoisotopic (exact) mass is 217 g/mol. The molecule has 16 heavy (non-hydrogen) atoms. The molecule has 1 aliphatic heterocycles. The molecular weight excluding hydrogens is 194 g/mol. The van der Waals surface area contributed by atoms with Crippen LogP contribution >= 0.6 is 0 Å². The normalized spacial score (nSPS) is 16.2. The summed E-state index contributed by atoms with van der Waals surface area (Å²) in [4.78, 5) is 2.32. The summed E-state index contributed by atoms with van der Waals surface area (Å²) in [5, 5.41) is 0. The van der Waals surface area contributed by atoms with E-state index < -0.39 is 0 Å². The maximum Gasteiger partial charge on any atom is 0.0528 e. The summed E-state index contributed by atoms with van der Waals surface area (Å²) in [6.07, 6.45) is 4.48. The van der Waals surface area contributed by atoms with Gasteiger partial charge in [0.15, 0.2) is 0 Å². The summed E-state index contributed by atoms with van der Waals surface area (Å²) < 4.78 is 0. The largest absolute Gasteiger partial charge is 0.366 e. The molecule has 0 fully saturated rings. The molecule has 0 spiro atoms. The van der Waals surface area contributed by atoms with Gasteiger partial charge in [0.1, 0.15) is 0 Å². The Morgan fingerprint density at radius 3 is 2.38 bits per heavy atom. The van der Waals surface area contributed by atoms with Gasteiger partial charge in [-0.15, -0.1) is 0 Å². The number of hydrogen-bond acceptors (Lipinski definition) is 1. The summed E-state index contributed by atoms with van der Waals surface area (Å²) in [7, 11) is 2.15. The third kappa shape index (κ3) is 2.29. The van der Waals surface area contributed by atoms with Gasteiger partial charge in [0.05, 0.1) is 5.54 Å². The fourth-order valence-corrected chi connectivity index (χ4v) is 1.83. The second kappa shape index (κ2) is 4.73. The summed E-state index contributed by atoms with van der Waals surface area (Å²) in [6.45, 7) is 10.6. The van der Waals surface area contributed by atoms with E-state index in [1.54, 1.807) is 0 Å². The van der Waals surface area contributed by atoms with Gasteiger partial charge in [0.25, 0.3) is 0 Å². The van der Waals surface area contributed by atoms with Gasteiger partial charge in [0.2, 0.25) is 0 Å². The van der Waals surface area contributed by atoms with Crippen LogP contribution in [0.25, 0.3) is 6.08 Å². The second-order valence-electron chi connectivity index (χ2n) is 4.61. The Hall–Kier alpha value is -1.24. The van der Waals surface area contributed by atoms with Crippen molar-refractivity contribution in [3.8, 4) is 0 Å². The van der Waals surface area contributed by atoms with E-state index in [4.69, 9.17) is 0 Å². The van der Waals surface area contributed by atoms with Crippen molar-refractivity contribution < 1.29 is 0 Å². The maximum absolute atomic E-state index is 2.32. The number of nitrogens with zero attached hydrogens (tertiary/aromatic N) is 1. The highest BCUT2D eigenvalue weighted by atomic mass is 15.2. The molecule has 2 rings (SSSR count). The zero-order valence-electron chi connectivity index (χ0n) is 11.3. The third-order valence-electron chi connectivity index (χ3n) is 3.08. The molecule has 1 heteroatoms. The number of hydrogen-bond donors (Lipinski definition) is 0. The van der Waals surface area contributed by atoms with Crippen molar-refractivity contribution in [1.29, 1.82) is 0 Å². The molecule has 1 aromatic rings. The Kier molecular flexibility index (Phi) is 3.79. The van der Waals surface area contributed by atoms with Gasteiger partial charge in [-0.25, -0.2) is 0 Å². The van der Waals surface area contributed by atoms with Gasteiger partial charge in [-0.05, 0) is 38.5 Å². The van der Waals surface area contributed by atoms with Crippen LogP contribution in [0.2, 0.25) is 0 Å². The minimum Gasteiger partial charge on any atom is -0.366 e. The van der Waals surface area contributed by atoms with Crippen molar-refractivity contribution in [2.45, 2.75) is 40.2 Å². The lowest BCUT2D eigenvalue weighted by atomic mass is 9.94. The molecule has 0 aliphatic carbocycles. The van der Waals surface area contributed by atoms with Crippen LogP contribution in [0.15, 0.2) is 24.3 Å². The van der Waals surface area contributed by atoms with E-state index in [1.807, 2.05) is 13.8 Å². The molecule has 0 amide bonds. The average molecular weight is 217 g/mol. The number of anilines is 1. The third-order valence-corrected chi connectivity index (χ3v) is 3.08. The Labute approximate surface area is 99.8 Å². The van der Waals surface area contributed by atoms with Gasteiger partial charge in [-0.2, -0.15) is 0 Å². The molecule has 0 saturated heterocycles. The first kappa shape index (κ1) is 12.8. The van der Waals surface area contributed by atoms with E-state index in [0.717, 1.165) is 0 Å². The lowest BCUT2D eigenvalue weighted by Gasteiger charge is -2.39. The van der Waals surface area contributed by atoms with Crippen LogP contribution in [-0.4, -0.2) is 12.6 Å². The number of likely N-dealkylation sites (N-methyl/N-ethyl adjacent to an activating group) is 1. The predicted molar refractivity (Wildman–Crippen MR) is 74.0 cm³/mol. The average Bonchev–Trinajstić information content (AvgIpc) is 2.27. The van der Waals surface area contributed by atoms with Crippen molar-refractivity contribution in [3.63, 3.8) is 0 Å². The van der Waals surface area contributed by atoms with Gasteiger partial charge in [0, 0.05) is 12.7 Å². The quantitative estimate of drug-likeness (QED) is 0.627. The smallest absolute Gasteiger partial charge is 0.0528 e. The van der Waals surface area contributed by atoms with Crippen LogP contribution in [-0.2, 0) is 0 Å². The Balaban J connectivity index is 0.000000606. The van der Waals surface area contributed by atoms with Crippen molar-refractivity contribution in [3.05, 3.63) is 35.4 Å². The van der Waals surface area contributed by atoms with Crippen LogP contribution in [0.4, 0.5) is 5.69 Å². The molecule has 0 unspecified atom stereocenters. The summed E-state index contributed by atoms with van der Waals surface area (Å²) in [6, 6.07) is 6.61. The van der Waals surface area contributed by atoms with Crippen LogP contribution in [0.1, 0.15) is 38.8 Å². The minimum absolute atomic E-state index is 0.127. The molecule has 1 aromatic carbocycles. The van der Waals surface area contributed by atoms with E-state index >= 15 is 0 Å². The van der Waals surface area contributed by atoms with Crippen molar-refractivity contribution in [2.75, 3.05) is 11.9 Å². The number of fused-ring (bicyclic) bond motifs is 1. The van der Waals surface area contributed by atoms with Gasteiger partial charge >= 0.3 is 0 Å². The Morgan fingerprint density at radius 1 is 1.12 bits per heavy atom. The molecule has 1 aliphatic rings. The van der Waals surface area contributed by atoms with Crippen molar-refractivity contribution >= 4 is 11.8 Å². The molecule has 0 N–H and O–H groups in total. The van der Waals surface area contributed by atoms with Crippen LogP contribution < -0.4 is 4.90 Å².